The zero-order chi connectivity index (χ0) is 37.5. The van der Waals surface area contributed by atoms with E-state index in [-0.39, 0.29) is 18.0 Å². The van der Waals surface area contributed by atoms with Crippen molar-refractivity contribution in [3.05, 3.63) is 12.2 Å². The van der Waals surface area contributed by atoms with Crippen molar-refractivity contribution < 1.29 is 24.2 Å². The smallest absolute Gasteiger partial charge is 0.326 e. The SMILES string of the molecule is CCCCCCCCC/C=C\CCCCCCCC(=O)OC(CCCCCCCCCCC)CCCCCCCC(=O)NC(CCCN)C(=O)O. The van der Waals surface area contributed by atoms with Gasteiger partial charge in [-0.1, -0.05) is 154 Å². The summed E-state index contributed by atoms with van der Waals surface area (Å²) in [4.78, 5) is 36.3. The zero-order valence-corrected chi connectivity index (χ0v) is 33.7. The van der Waals surface area contributed by atoms with Gasteiger partial charge in [0, 0.05) is 12.8 Å². The molecule has 7 heteroatoms. The number of amides is 1. The molecule has 0 aliphatic carbocycles. The second-order valence-corrected chi connectivity index (χ2v) is 15.1. The maximum atomic E-state index is 12.8. The van der Waals surface area contributed by atoms with Crippen LogP contribution >= 0.6 is 0 Å². The number of esters is 1. The summed E-state index contributed by atoms with van der Waals surface area (Å²) in [5, 5.41) is 11.9. The third-order valence-corrected chi connectivity index (χ3v) is 10.1. The number of nitrogens with two attached hydrogens (primary N) is 1. The summed E-state index contributed by atoms with van der Waals surface area (Å²) in [6.07, 6.45) is 42.6. The molecule has 4 N–H and O–H groups in total. The van der Waals surface area contributed by atoms with Crippen LogP contribution in [0.2, 0.25) is 0 Å². The number of carbonyl (C=O) groups excluding carboxylic acids is 2. The lowest BCUT2D eigenvalue weighted by atomic mass is 10.0. The van der Waals surface area contributed by atoms with E-state index in [0.717, 1.165) is 64.2 Å². The Morgan fingerprint density at radius 2 is 0.961 bits per heavy atom. The molecule has 0 fully saturated rings. The first-order valence-electron chi connectivity index (χ1n) is 22.0. The van der Waals surface area contributed by atoms with Crippen LogP contribution < -0.4 is 11.1 Å². The zero-order valence-electron chi connectivity index (χ0n) is 33.7. The van der Waals surface area contributed by atoms with Gasteiger partial charge in [0.25, 0.3) is 0 Å². The summed E-state index contributed by atoms with van der Waals surface area (Å²) in [5.41, 5.74) is 5.48. The Bertz CT molecular complexity index is 817. The molecule has 0 aromatic heterocycles. The van der Waals surface area contributed by atoms with Crippen molar-refractivity contribution in [1.82, 2.24) is 5.32 Å². The van der Waals surface area contributed by atoms with E-state index in [9.17, 15) is 19.5 Å². The normalized spacial score (nSPS) is 12.7. The highest BCUT2D eigenvalue weighted by Crippen LogP contribution is 2.19. The van der Waals surface area contributed by atoms with E-state index in [1.165, 1.54) is 128 Å². The van der Waals surface area contributed by atoms with Gasteiger partial charge in [0.15, 0.2) is 0 Å². The average molecular weight is 721 g/mol. The van der Waals surface area contributed by atoms with Crippen LogP contribution in [-0.2, 0) is 19.1 Å². The van der Waals surface area contributed by atoms with Crippen LogP contribution in [0.25, 0.3) is 0 Å². The van der Waals surface area contributed by atoms with Gasteiger partial charge in [0.05, 0.1) is 0 Å². The number of hydrogen-bond acceptors (Lipinski definition) is 5. The van der Waals surface area contributed by atoms with Crippen LogP contribution in [-0.4, -0.2) is 41.6 Å². The summed E-state index contributed by atoms with van der Waals surface area (Å²) < 4.78 is 6.03. The van der Waals surface area contributed by atoms with Gasteiger partial charge < -0.3 is 20.9 Å². The predicted octanol–water partition coefficient (Wildman–Crippen LogP) is 12.3. The fourth-order valence-electron chi connectivity index (χ4n) is 6.74. The first-order chi connectivity index (χ1) is 24.9. The third kappa shape index (κ3) is 36.3. The van der Waals surface area contributed by atoms with Crippen molar-refractivity contribution in [2.24, 2.45) is 5.73 Å². The number of nitrogens with one attached hydrogen (secondary N) is 1. The Kier molecular flexibility index (Phi) is 37.9. The summed E-state index contributed by atoms with van der Waals surface area (Å²) in [6, 6.07) is -0.854. The van der Waals surface area contributed by atoms with E-state index in [4.69, 9.17) is 10.5 Å². The largest absolute Gasteiger partial charge is 0.480 e. The third-order valence-electron chi connectivity index (χ3n) is 10.1. The van der Waals surface area contributed by atoms with Crippen LogP contribution in [0, 0.1) is 0 Å². The lowest BCUT2D eigenvalue weighted by Gasteiger charge is -2.18. The Balaban J connectivity index is 4.23. The van der Waals surface area contributed by atoms with Crippen molar-refractivity contribution in [3.63, 3.8) is 0 Å². The second-order valence-electron chi connectivity index (χ2n) is 15.1. The summed E-state index contributed by atoms with van der Waals surface area (Å²) in [5.74, 6) is -1.23. The molecule has 1 amide bonds. The minimum atomic E-state index is -1.00. The van der Waals surface area contributed by atoms with Crippen LogP contribution in [0.3, 0.4) is 0 Å². The van der Waals surface area contributed by atoms with Crippen LogP contribution in [0.15, 0.2) is 12.2 Å². The topological polar surface area (TPSA) is 119 Å². The molecule has 0 rings (SSSR count). The Morgan fingerprint density at radius 3 is 1.41 bits per heavy atom. The average Bonchev–Trinajstić information content (AvgIpc) is 3.11. The molecule has 2 atom stereocenters. The molecule has 0 heterocycles. The van der Waals surface area contributed by atoms with Gasteiger partial charge >= 0.3 is 11.9 Å². The highest BCUT2D eigenvalue weighted by Gasteiger charge is 2.19. The molecule has 0 saturated carbocycles. The molecule has 0 aromatic carbocycles. The molecule has 300 valence electrons. The Labute approximate surface area is 315 Å². The van der Waals surface area contributed by atoms with E-state index >= 15 is 0 Å². The number of carbonyl (C=O) groups is 3. The van der Waals surface area contributed by atoms with Crippen molar-refractivity contribution in [3.8, 4) is 0 Å². The molecule has 51 heavy (non-hydrogen) atoms. The minimum Gasteiger partial charge on any atom is -0.480 e. The van der Waals surface area contributed by atoms with Crippen molar-refractivity contribution in [2.45, 2.75) is 244 Å². The monoisotopic (exact) mass is 721 g/mol. The van der Waals surface area contributed by atoms with Crippen LogP contribution in [0.5, 0.6) is 0 Å². The first kappa shape index (κ1) is 49.1. The maximum absolute atomic E-state index is 12.8. The van der Waals surface area contributed by atoms with E-state index in [2.05, 4.69) is 31.3 Å². The molecule has 0 aromatic rings. The van der Waals surface area contributed by atoms with Gasteiger partial charge in [-0.25, -0.2) is 4.79 Å². The lowest BCUT2D eigenvalue weighted by molar-refractivity contribution is -0.150. The fraction of sp³-hybridized carbons (Fsp3) is 0.886. The van der Waals surface area contributed by atoms with E-state index in [1.54, 1.807) is 0 Å². The standard InChI is InChI=1S/C44H84N2O5/c1-3-5-7-9-11-13-14-15-16-17-18-19-21-23-28-32-38-43(48)51-40(34-29-25-22-20-12-10-8-6-4-2)35-30-26-24-27-31-37-42(47)46-41(44(49)50)36-33-39-45/h16-17,40-41H,3-15,18-39,45H2,1-2H3,(H,46,47)(H,49,50)/b17-16-. The number of rotatable bonds is 40. The summed E-state index contributed by atoms with van der Waals surface area (Å²) >= 11 is 0. The Hall–Kier alpha value is -1.89. The first-order valence-corrected chi connectivity index (χ1v) is 22.0. The fourth-order valence-corrected chi connectivity index (χ4v) is 6.74. The molecule has 0 saturated heterocycles. The molecule has 0 aliphatic rings. The van der Waals surface area contributed by atoms with E-state index < -0.39 is 12.0 Å². The van der Waals surface area contributed by atoms with Gasteiger partial charge in [0.1, 0.15) is 12.1 Å². The molecule has 7 nitrogen and oxygen atoms in total. The van der Waals surface area contributed by atoms with E-state index in [0.29, 0.717) is 32.2 Å². The lowest BCUT2D eigenvalue weighted by Crippen LogP contribution is -2.40. The molecule has 2 unspecified atom stereocenters. The Morgan fingerprint density at radius 1 is 0.549 bits per heavy atom. The maximum Gasteiger partial charge on any atom is 0.326 e. The molecular formula is C44H84N2O5. The van der Waals surface area contributed by atoms with Crippen LogP contribution in [0.4, 0.5) is 0 Å². The van der Waals surface area contributed by atoms with Gasteiger partial charge in [-0.05, 0) is 83.6 Å². The number of carboxylic acid groups (broad SMARTS) is 1. The molecule has 0 spiro atoms. The number of carboxylic acids is 1. The van der Waals surface area contributed by atoms with Crippen molar-refractivity contribution in [1.29, 1.82) is 0 Å². The number of unbranched alkanes of at least 4 members (excludes halogenated alkanes) is 24. The molecule has 0 radical (unpaired) electrons. The van der Waals surface area contributed by atoms with Crippen molar-refractivity contribution in [2.75, 3.05) is 6.54 Å². The van der Waals surface area contributed by atoms with E-state index in [1.807, 2.05) is 0 Å². The minimum absolute atomic E-state index is 0.0159. The van der Waals surface area contributed by atoms with Gasteiger partial charge in [-0.2, -0.15) is 0 Å². The molecular weight excluding hydrogens is 636 g/mol. The predicted molar refractivity (Wildman–Crippen MR) is 216 cm³/mol. The summed E-state index contributed by atoms with van der Waals surface area (Å²) in [6.45, 7) is 4.95. The number of allylic oxidation sites excluding steroid dienone is 2. The van der Waals surface area contributed by atoms with Gasteiger partial charge in [-0.3, -0.25) is 9.59 Å². The van der Waals surface area contributed by atoms with Gasteiger partial charge in [-0.15, -0.1) is 0 Å². The summed E-state index contributed by atoms with van der Waals surface area (Å²) in [7, 11) is 0. The molecule has 0 aliphatic heterocycles. The second kappa shape index (κ2) is 39.3. The number of aliphatic carboxylic acids is 1. The highest BCUT2D eigenvalue weighted by molar-refractivity contribution is 5.83. The molecule has 0 bridgehead atoms. The number of hydrogen-bond donors (Lipinski definition) is 3. The quantitative estimate of drug-likeness (QED) is 0.0329. The highest BCUT2D eigenvalue weighted by atomic mass is 16.5. The van der Waals surface area contributed by atoms with Crippen LogP contribution in [0.1, 0.15) is 232 Å². The van der Waals surface area contributed by atoms with Gasteiger partial charge in [0.2, 0.25) is 5.91 Å². The van der Waals surface area contributed by atoms with Crippen molar-refractivity contribution >= 4 is 17.8 Å². The number of ether oxygens (including phenoxy) is 1.